The highest BCUT2D eigenvalue weighted by Crippen LogP contribution is 2.32. The second-order valence-corrected chi connectivity index (χ2v) is 5.85. The Morgan fingerprint density at radius 2 is 2.12 bits per heavy atom. The van der Waals surface area contributed by atoms with Crippen molar-refractivity contribution < 1.29 is 20.1 Å². The highest BCUT2D eigenvalue weighted by Gasteiger charge is 2.44. The van der Waals surface area contributed by atoms with Gasteiger partial charge in [0.2, 0.25) is 5.95 Å². The molecule has 11 nitrogen and oxygen atoms in total. The predicted octanol–water partition coefficient (Wildman–Crippen LogP) is -0.841. The standard InChI is InChI=1S/C15H17N7O4/c16-12-9-13(21-15(20-12)19-7-2-1-3-17-4-7)22(6-18-9)14-11(25)10(24)8(5-23)26-14/h1-4,6,8,10-11,14,23-25H,5H2,(H3,16,19,20,21)/t8-,10-,11-,14-/m1/s1. The molecule has 1 saturated heterocycles. The van der Waals surface area contributed by atoms with Crippen LogP contribution in [0.5, 0.6) is 0 Å². The van der Waals surface area contributed by atoms with Gasteiger partial charge < -0.3 is 31.1 Å². The van der Waals surface area contributed by atoms with Gasteiger partial charge in [0.1, 0.15) is 23.8 Å². The molecular weight excluding hydrogens is 342 g/mol. The van der Waals surface area contributed by atoms with Gasteiger partial charge in [-0.3, -0.25) is 9.55 Å². The summed E-state index contributed by atoms with van der Waals surface area (Å²) >= 11 is 0. The number of hydrogen-bond donors (Lipinski definition) is 5. The number of aliphatic hydroxyl groups excluding tert-OH is 3. The van der Waals surface area contributed by atoms with Crippen LogP contribution in [0, 0.1) is 0 Å². The van der Waals surface area contributed by atoms with Crippen molar-refractivity contribution in [1.29, 1.82) is 0 Å². The topological polar surface area (TPSA) is 164 Å². The molecule has 4 rings (SSSR count). The van der Waals surface area contributed by atoms with Crippen LogP contribution in [-0.2, 0) is 4.74 Å². The lowest BCUT2D eigenvalue weighted by molar-refractivity contribution is -0.0511. The average molecular weight is 359 g/mol. The second kappa shape index (κ2) is 6.46. The van der Waals surface area contributed by atoms with E-state index in [2.05, 4.69) is 25.3 Å². The second-order valence-electron chi connectivity index (χ2n) is 5.85. The highest BCUT2D eigenvalue weighted by molar-refractivity contribution is 5.83. The first-order chi connectivity index (χ1) is 12.6. The molecule has 26 heavy (non-hydrogen) atoms. The van der Waals surface area contributed by atoms with Gasteiger partial charge >= 0.3 is 0 Å². The lowest BCUT2D eigenvalue weighted by Crippen LogP contribution is -2.33. The van der Waals surface area contributed by atoms with Crippen molar-refractivity contribution in [1.82, 2.24) is 24.5 Å². The van der Waals surface area contributed by atoms with Crippen molar-refractivity contribution >= 4 is 28.6 Å². The zero-order valence-electron chi connectivity index (χ0n) is 13.5. The maximum Gasteiger partial charge on any atom is 0.231 e. The number of nitrogens with zero attached hydrogens (tertiary/aromatic N) is 5. The first kappa shape index (κ1) is 16.6. The van der Waals surface area contributed by atoms with Crippen LogP contribution < -0.4 is 11.1 Å². The molecule has 1 aliphatic rings. The number of fused-ring (bicyclic) bond motifs is 1. The zero-order chi connectivity index (χ0) is 18.3. The van der Waals surface area contributed by atoms with Gasteiger partial charge in [-0.05, 0) is 12.1 Å². The van der Waals surface area contributed by atoms with Crippen LogP contribution >= 0.6 is 0 Å². The molecule has 0 saturated carbocycles. The molecule has 136 valence electrons. The lowest BCUT2D eigenvalue weighted by Gasteiger charge is -2.16. The molecule has 0 amide bonds. The van der Waals surface area contributed by atoms with E-state index >= 15 is 0 Å². The predicted molar refractivity (Wildman–Crippen MR) is 90.3 cm³/mol. The summed E-state index contributed by atoms with van der Waals surface area (Å²) in [6, 6.07) is 3.55. The van der Waals surface area contributed by atoms with Crippen molar-refractivity contribution in [3.63, 3.8) is 0 Å². The van der Waals surface area contributed by atoms with E-state index in [4.69, 9.17) is 10.5 Å². The van der Waals surface area contributed by atoms with E-state index < -0.39 is 31.1 Å². The first-order valence-corrected chi connectivity index (χ1v) is 7.88. The molecule has 11 heteroatoms. The molecule has 4 heterocycles. The van der Waals surface area contributed by atoms with Crippen LogP contribution in [0.25, 0.3) is 11.2 Å². The van der Waals surface area contributed by atoms with Crippen molar-refractivity contribution in [2.45, 2.75) is 24.5 Å². The third-order valence-corrected chi connectivity index (χ3v) is 4.16. The Labute approximate surface area is 147 Å². The summed E-state index contributed by atoms with van der Waals surface area (Å²) in [5.41, 5.74) is 7.29. The summed E-state index contributed by atoms with van der Waals surface area (Å²) in [4.78, 5) is 16.7. The third-order valence-electron chi connectivity index (χ3n) is 4.16. The smallest absolute Gasteiger partial charge is 0.231 e. The number of ether oxygens (including phenoxy) is 1. The fourth-order valence-electron chi connectivity index (χ4n) is 2.86. The summed E-state index contributed by atoms with van der Waals surface area (Å²) in [5.74, 6) is 0.364. The molecule has 3 aromatic rings. The fourth-order valence-corrected chi connectivity index (χ4v) is 2.86. The molecule has 0 aliphatic carbocycles. The summed E-state index contributed by atoms with van der Waals surface area (Å²) in [6.45, 7) is -0.424. The molecule has 0 unspecified atom stereocenters. The molecule has 3 aromatic heterocycles. The minimum atomic E-state index is -1.25. The van der Waals surface area contributed by atoms with E-state index in [9.17, 15) is 15.3 Å². The number of nitrogen functional groups attached to an aromatic ring is 1. The summed E-state index contributed by atoms with van der Waals surface area (Å²) < 4.78 is 6.98. The number of nitrogens with one attached hydrogen (secondary N) is 1. The van der Waals surface area contributed by atoms with Crippen molar-refractivity contribution in [2.24, 2.45) is 0 Å². The molecule has 4 atom stereocenters. The zero-order valence-corrected chi connectivity index (χ0v) is 13.5. The number of hydrogen-bond acceptors (Lipinski definition) is 10. The Morgan fingerprint density at radius 3 is 2.81 bits per heavy atom. The van der Waals surface area contributed by atoms with Crippen molar-refractivity contribution in [3.8, 4) is 0 Å². The van der Waals surface area contributed by atoms with Gasteiger partial charge in [0.05, 0.1) is 24.8 Å². The van der Waals surface area contributed by atoms with E-state index in [-0.39, 0.29) is 11.8 Å². The molecule has 1 fully saturated rings. The van der Waals surface area contributed by atoms with Gasteiger partial charge in [0.15, 0.2) is 17.7 Å². The van der Waals surface area contributed by atoms with Crippen LogP contribution in [0.1, 0.15) is 6.23 Å². The SMILES string of the molecule is Nc1nc(Nc2cccnc2)nc2c1ncn2[C@@H]1O[C@H](CO)[C@@H](O)[C@H]1O. The first-order valence-electron chi connectivity index (χ1n) is 7.88. The minimum Gasteiger partial charge on any atom is -0.394 e. The van der Waals surface area contributed by atoms with Crippen LogP contribution in [0.2, 0.25) is 0 Å². The van der Waals surface area contributed by atoms with Crippen LogP contribution in [0.4, 0.5) is 17.5 Å². The van der Waals surface area contributed by atoms with Crippen LogP contribution in [-0.4, -0.2) is 64.7 Å². The molecule has 0 aromatic carbocycles. The van der Waals surface area contributed by atoms with E-state index in [1.807, 2.05) is 0 Å². The van der Waals surface area contributed by atoms with Gasteiger partial charge in [-0.15, -0.1) is 0 Å². The quantitative estimate of drug-likeness (QED) is 0.396. The van der Waals surface area contributed by atoms with E-state index in [0.29, 0.717) is 16.9 Å². The fraction of sp³-hybridized carbons (Fsp3) is 0.333. The average Bonchev–Trinajstić information content (AvgIpc) is 3.18. The Bertz CT molecular complexity index is 919. The van der Waals surface area contributed by atoms with Gasteiger partial charge in [-0.25, -0.2) is 4.98 Å². The number of imidazole rings is 1. The van der Waals surface area contributed by atoms with Gasteiger partial charge in [0.25, 0.3) is 0 Å². The maximum absolute atomic E-state index is 10.2. The van der Waals surface area contributed by atoms with E-state index in [0.717, 1.165) is 0 Å². The Hall–Kier alpha value is -2.86. The Morgan fingerprint density at radius 1 is 1.27 bits per heavy atom. The maximum atomic E-state index is 10.2. The number of rotatable bonds is 4. The monoisotopic (exact) mass is 359 g/mol. The molecular formula is C15H17N7O4. The van der Waals surface area contributed by atoms with Crippen LogP contribution in [0.15, 0.2) is 30.9 Å². The summed E-state index contributed by atoms with van der Waals surface area (Å²) in [6.07, 6.45) is 0.287. The molecule has 0 radical (unpaired) electrons. The molecule has 0 bridgehead atoms. The summed E-state index contributed by atoms with van der Waals surface area (Å²) in [7, 11) is 0. The number of aliphatic hydroxyl groups is 3. The number of anilines is 3. The van der Waals surface area contributed by atoms with Gasteiger partial charge in [-0.2, -0.15) is 9.97 Å². The normalized spacial score (nSPS) is 25.7. The third kappa shape index (κ3) is 2.72. The number of aromatic nitrogens is 5. The van der Waals surface area contributed by atoms with Crippen molar-refractivity contribution in [3.05, 3.63) is 30.9 Å². The molecule has 0 spiro atoms. The van der Waals surface area contributed by atoms with Crippen molar-refractivity contribution in [2.75, 3.05) is 17.7 Å². The number of nitrogens with two attached hydrogens (primary N) is 1. The molecule has 1 aliphatic heterocycles. The Balaban J connectivity index is 1.73. The van der Waals surface area contributed by atoms with Crippen LogP contribution in [0.3, 0.4) is 0 Å². The van der Waals surface area contributed by atoms with E-state index in [1.165, 1.54) is 10.9 Å². The number of pyridine rings is 1. The van der Waals surface area contributed by atoms with Gasteiger partial charge in [-0.1, -0.05) is 0 Å². The Kier molecular flexibility index (Phi) is 4.12. The lowest BCUT2D eigenvalue weighted by atomic mass is 10.1. The minimum absolute atomic E-state index is 0.145. The van der Waals surface area contributed by atoms with E-state index in [1.54, 1.807) is 24.5 Å². The molecule has 6 N–H and O–H groups in total. The summed E-state index contributed by atoms with van der Waals surface area (Å²) in [5, 5.41) is 32.4. The largest absolute Gasteiger partial charge is 0.394 e. The highest BCUT2D eigenvalue weighted by atomic mass is 16.6. The van der Waals surface area contributed by atoms with Gasteiger partial charge in [0, 0.05) is 6.20 Å².